The van der Waals surface area contributed by atoms with Crippen LogP contribution in [0, 0.1) is 10.1 Å². The van der Waals surface area contributed by atoms with Crippen molar-refractivity contribution in [2.75, 3.05) is 40.0 Å². The topological polar surface area (TPSA) is 171 Å². The summed E-state index contributed by atoms with van der Waals surface area (Å²) in [4.78, 5) is 62.5. The van der Waals surface area contributed by atoms with E-state index in [4.69, 9.17) is 13.9 Å². The van der Waals surface area contributed by atoms with E-state index in [1.807, 2.05) is 0 Å². The lowest BCUT2D eigenvalue weighted by Gasteiger charge is -2.26. The Bertz CT molecular complexity index is 1280. The molecular formula is C23H22N4O10. The van der Waals surface area contributed by atoms with E-state index in [1.165, 1.54) is 43.5 Å². The lowest BCUT2D eigenvalue weighted by Crippen LogP contribution is -2.43. The lowest BCUT2D eigenvalue weighted by atomic mass is 10.1. The van der Waals surface area contributed by atoms with Gasteiger partial charge >= 0.3 is 12.0 Å². The Hall–Kier alpha value is -4.72. The van der Waals surface area contributed by atoms with Gasteiger partial charge in [0, 0.05) is 30.8 Å². The summed E-state index contributed by atoms with van der Waals surface area (Å²) in [7, 11) is 1.18. The molecule has 194 valence electrons. The molecule has 0 unspecified atom stereocenters. The molecule has 4 amide bonds. The second kappa shape index (κ2) is 10.9. The number of nitrogens with one attached hydrogen (secondary N) is 1. The summed E-state index contributed by atoms with van der Waals surface area (Å²) >= 11 is 0. The molecule has 2 fully saturated rings. The predicted molar refractivity (Wildman–Crippen MR) is 123 cm³/mol. The maximum Gasteiger partial charge on any atom is 0.373 e. The third-order valence-corrected chi connectivity index (χ3v) is 5.54. The normalized spacial score (nSPS) is 16.6. The Kier molecular flexibility index (Phi) is 7.48. The highest BCUT2D eigenvalue weighted by Gasteiger charge is 2.35. The van der Waals surface area contributed by atoms with Gasteiger partial charge in [0.2, 0.25) is 5.76 Å². The van der Waals surface area contributed by atoms with Crippen LogP contribution in [0.1, 0.15) is 21.9 Å². The SMILES string of the molecule is COC(=O)c1ccc(CN2C(=O)N/C(=C\c3cc([N+](=O)[O-])ccc3OCC(=O)N3CCOCC3)C2=O)o1. The van der Waals surface area contributed by atoms with E-state index in [-0.39, 0.29) is 53.3 Å². The molecule has 14 nitrogen and oxygen atoms in total. The van der Waals surface area contributed by atoms with Crippen molar-refractivity contribution in [3.05, 3.63) is 63.2 Å². The van der Waals surface area contributed by atoms with Gasteiger partial charge in [-0.2, -0.15) is 0 Å². The van der Waals surface area contributed by atoms with Gasteiger partial charge in [-0.25, -0.2) is 9.59 Å². The summed E-state index contributed by atoms with van der Waals surface area (Å²) in [6, 6.07) is 5.69. The number of hydrogen-bond acceptors (Lipinski definition) is 10. The fourth-order valence-corrected chi connectivity index (χ4v) is 3.64. The van der Waals surface area contributed by atoms with E-state index < -0.39 is 22.8 Å². The van der Waals surface area contributed by atoms with Gasteiger partial charge in [0.15, 0.2) is 6.61 Å². The number of urea groups is 1. The maximum absolute atomic E-state index is 12.9. The van der Waals surface area contributed by atoms with Gasteiger partial charge in [-0.05, 0) is 24.3 Å². The Morgan fingerprint density at radius 3 is 2.65 bits per heavy atom. The number of furan rings is 1. The van der Waals surface area contributed by atoms with Crippen LogP contribution in [0.2, 0.25) is 0 Å². The van der Waals surface area contributed by atoms with Gasteiger partial charge in [-0.1, -0.05) is 0 Å². The number of benzene rings is 1. The number of imide groups is 1. The van der Waals surface area contributed by atoms with E-state index >= 15 is 0 Å². The molecule has 2 saturated heterocycles. The van der Waals surface area contributed by atoms with Gasteiger partial charge in [-0.15, -0.1) is 0 Å². The number of nitrogens with zero attached hydrogens (tertiary/aromatic N) is 3. The first-order valence-corrected chi connectivity index (χ1v) is 11.0. The number of morpholine rings is 1. The molecule has 0 saturated carbocycles. The molecule has 0 aliphatic carbocycles. The monoisotopic (exact) mass is 514 g/mol. The van der Waals surface area contributed by atoms with Gasteiger partial charge in [0.1, 0.15) is 17.2 Å². The van der Waals surface area contributed by atoms with Gasteiger partial charge < -0.3 is 28.8 Å². The van der Waals surface area contributed by atoms with Crippen molar-refractivity contribution in [3.63, 3.8) is 0 Å². The molecule has 0 bridgehead atoms. The van der Waals surface area contributed by atoms with Crippen LogP contribution in [-0.2, 0) is 25.6 Å². The van der Waals surface area contributed by atoms with Crippen LogP contribution in [0.4, 0.5) is 10.5 Å². The second-order valence-corrected chi connectivity index (χ2v) is 7.90. The predicted octanol–water partition coefficient (Wildman–Crippen LogP) is 1.30. The van der Waals surface area contributed by atoms with Crippen molar-refractivity contribution in [2.45, 2.75) is 6.54 Å². The molecular weight excluding hydrogens is 492 g/mol. The molecule has 2 aliphatic heterocycles. The van der Waals surface area contributed by atoms with Crippen LogP contribution in [0.25, 0.3) is 6.08 Å². The third-order valence-electron chi connectivity index (χ3n) is 5.54. The van der Waals surface area contributed by atoms with Crippen LogP contribution < -0.4 is 10.1 Å². The van der Waals surface area contributed by atoms with Gasteiger partial charge in [0.05, 0.1) is 31.8 Å². The fourth-order valence-electron chi connectivity index (χ4n) is 3.64. The number of nitro groups is 1. The average Bonchev–Trinajstić information content (AvgIpc) is 3.48. The Labute approximate surface area is 209 Å². The highest BCUT2D eigenvalue weighted by atomic mass is 16.6. The van der Waals surface area contributed by atoms with Crippen molar-refractivity contribution in [1.82, 2.24) is 15.1 Å². The first kappa shape index (κ1) is 25.4. The Morgan fingerprint density at radius 2 is 1.95 bits per heavy atom. The van der Waals surface area contributed by atoms with Crippen LogP contribution in [0.15, 0.2) is 40.4 Å². The largest absolute Gasteiger partial charge is 0.483 e. The minimum absolute atomic E-state index is 0.0923. The van der Waals surface area contributed by atoms with Gasteiger partial charge in [0.25, 0.3) is 17.5 Å². The van der Waals surface area contributed by atoms with E-state index in [2.05, 4.69) is 10.1 Å². The van der Waals surface area contributed by atoms with E-state index in [0.717, 1.165) is 4.90 Å². The van der Waals surface area contributed by atoms with Crippen molar-refractivity contribution in [1.29, 1.82) is 0 Å². The van der Waals surface area contributed by atoms with Crippen LogP contribution in [0.3, 0.4) is 0 Å². The molecule has 0 spiro atoms. The van der Waals surface area contributed by atoms with E-state index in [1.54, 1.807) is 4.90 Å². The third kappa shape index (κ3) is 5.75. The Morgan fingerprint density at radius 1 is 1.19 bits per heavy atom. The first-order valence-electron chi connectivity index (χ1n) is 11.0. The average molecular weight is 514 g/mol. The highest BCUT2D eigenvalue weighted by molar-refractivity contribution is 6.14. The summed E-state index contributed by atoms with van der Waals surface area (Å²) in [6.45, 7) is 1.08. The summed E-state index contributed by atoms with van der Waals surface area (Å²) in [5.41, 5.74) is -0.340. The summed E-state index contributed by atoms with van der Waals surface area (Å²) in [6.07, 6.45) is 1.23. The molecule has 0 radical (unpaired) electrons. The molecule has 14 heteroatoms. The number of non-ortho nitro benzene ring substituents is 1. The number of hydrogen-bond donors (Lipinski definition) is 1. The van der Waals surface area contributed by atoms with Crippen molar-refractivity contribution >= 4 is 35.6 Å². The zero-order valence-electron chi connectivity index (χ0n) is 19.6. The molecule has 2 aromatic rings. The lowest BCUT2D eigenvalue weighted by molar-refractivity contribution is -0.384. The quantitative estimate of drug-likeness (QED) is 0.178. The number of nitro benzene ring substituents is 1. The van der Waals surface area contributed by atoms with Crippen molar-refractivity contribution in [2.24, 2.45) is 0 Å². The van der Waals surface area contributed by atoms with Crippen molar-refractivity contribution in [3.8, 4) is 5.75 Å². The molecule has 1 aromatic heterocycles. The number of carbonyl (C=O) groups is 4. The zero-order chi connectivity index (χ0) is 26.5. The highest BCUT2D eigenvalue weighted by Crippen LogP contribution is 2.28. The molecule has 2 aliphatic rings. The number of rotatable bonds is 8. The molecule has 37 heavy (non-hydrogen) atoms. The first-order chi connectivity index (χ1) is 17.8. The van der Waals surface area contributed by atoms with Gasteiger partial charge in [-0.3, -0.25) is 24.6 Å². The van der Waals surface area contributed by atoms with E-state index in [0.29, 0.717) is 26.3 Å². The summed E-state index contributed by atoms with van der Waals surface area (Å²) in [5, 5.41) is 13.7. The number of amides is 4. The number of ether oxygens (including phenoxy) is 3. The number of esters is 1. The molecule has 3 heterocycles. The van der Waals surface area contributed by atoms with Crippen LogP contribution in [0.5, 0.6) is 5.75 Å². The molecule has 4 rings (SSSR count). The number of methoxy groups -OCH3 is 1. The standard InChI is InChI=1S/C23H22N4O10/c1-34-22(30)19-5-3-16(37-19)12-26-21(29)17(24-23(26)31)11-14-10-15(27(32)33)2-4-18(14)36-13-20(28)25-6-8-35-9-7-25/h2-5,10-11H,6-9,12-13H2,1H3,(H,24,31)/b17-11-. The van der Waals surface area contributed by atoms with Crippen LogP contribution >= 0.6 is 0 Å². The zero-order valence-corrected chi connectivity index (χ0v) is 19.6. The maximum atomic E-state index is 12.9. The minimum Gasteiger partial charge on any atom is -0.483 e. The minimum atomic E-state index is -0.761. The van der Waals surface area contributed by atoms with E-state index in [9.17, 15) is 29.3 Å². The number of carbonyl (C=O) groups excluding carboxylic acids is 4. The molecule has 0 atom stereocenters. The molecule has 1 aromatic carbocycles. The summed E-state index contributed by atoms with van der Waals surface area (Å²) in [5.74, 6) is -1.57. The molecule has 1 N–H and O–H groups in total. The fraction of sp³-hybridized carbons (Fsp3) is 0.304. The van der Waals surface area contributed by atoms with Crippen LogP contribution in [-0.4, -0.2) is 78.6 Å². The summed E-state index contributed by atoms with van der Waals surface area (Å²) < 4.78 is 20.7. The Balaban J connectivity index is 1.53. The second-order valence-electron chi connectivity index (χ2n) is 7.90. The smallest absolute Gasteiger partial charge is 0.373 e. The van der Waals surface area contributed by atoms with Crippen molar-refractivity contribution < 1.29 is 42.7 Å².